The quantitative estimate of drug-likeness (QED) is 0.527. The SMILES string of the molecule is Cc1ccc(/C(F)=C(\F)c2ccccc2)c(F)c1F. The number of hydrogen-bond donors (Lipinski definition) is 0. The van der Waals surface area contributed by atoms with E-state index in [1.54, 1.807) is 6.07 Å². The van der Waals surface area contributed by atoms with Gasteiger partial charge in [-0.1, -0.05) is 36.4 Å². The molecule has 2 aromatic carbocycles. The third kappa shape index (κ3) is 2.52. The molecule has 0 N–H and O–H groups in total. The van der Waals surface area contributed by atoms with E-state index in [0.29, 0.717) is 0 Å². The van der Waals surface area contributed by atoms with Gasteiger partial charge in [0.15, 0.2) is 23.3 Å². The maximum Gasteiger partial charge on any atom is 0.169 e. The summed E-state index contributed by atoms with van der Waals surface area (Å²) in [6, 6.07) is 9.59. The molecule has 0 amide bonds. The number of hydrogen-bond acceptors (Lipinski definition) is 0. The van der Waals surface area contributed by atoms with Crippen molar-refractivity contribution in [1.29, 1.82) is 0 Å². The second-order valence-corrected chi connectivity index (χ2v) is 4.05. The topological polar surface area (TPSA) is 0 Å². The highest BCUT2D eigenvalue weighted by atomic mass is 19.2. The Morgan fingerprint density at radius 3 is 2.05 bits per heavy atom. The van der Waals surface area contributed by atoms with E-state index in [0.717, 1.165) is 6.07 Å². The van der Waals surface area contributed by atoms with Gasteiger partial charge in [0.25, 0.3) is 0 Å². The maximum atomic E-state index is 13.9. The highest BCUT2D eigenvalue weighted by Crippen LogP contribution is 2.31. The molecule has 98 valence electrons. The molecule has 0 atom stereocenters. The third-order valence-electron chi connectivity index (χ3n) is 2.73. The van der Waals surface area contributed by atoms with Gasteiger partial charge in [0, 0.05) is 5.56 Å². The van der Waals surface area contributed by atoms with Crippen molar-refractivity contribution in [3.8, 4) is 0 Å². The average Bonchev–Trinajstić information content (AvgIpc) is 2.44. The molecule has 0 heterocycles. The van der Waals surface area contributed by atoms with E-state index >= 15 is 0 Å². The van der Waals surface area contributed by atoms with Crippen LogP contribution < -0.4 is 0 Å². The van der Waals surface area contributed by atoms with Crippen molar-refractivity contribution in [3.63, 3.8) is 0 Å². The molecule has 0 saturated heterocycles. The lowest BCUT2D eigenvalue weighted by Crippen LogP contribution is -1.95. The second-order valence-electron chi connectivity index (χ2n) is 4.05. The van der Waals surface area contributed by atoms with E-state index < -0.39 is 28.9 Å². The van der Waals surface area contributed by atoms with Crippen LogP contribution in [0.2, 0.25) is 0 Å². The van der Waals surface area contributed by atoms with Gasteiger partial charge in [-0.3, -0.25) is 0 Å². The summed E-state index contributed by atoms with van der Waals surface area (Å²) in [4.78, 5) is 0. The van der Waals surface area contributed by atoms with Crippen molar-refractivity contribution >= 4 is 11.7 Å². The molecular formula is C15H10F4. The summed E-state index contributed by atoms with van der Waals surface area (Å²) in [5, 5.41) is 0. The van der Waals surface area contributed by atoms with E-state index in [1.165, 1.54) is 37.3 Å². The molecule has 0 bridgehead atoms. The fourth-order valence-corrected chi connectivity index (χ4v) is 1.64. The Hall–Kier alpha value is -2.10. The standard InChI is InChI=1S/C15H10F4/c1-9-7-8-11(14(18)12(9)16)15(19)13(17)10-5-3-2-4-6-10/h2-8H,1H3/b15-13+. The van der Waals surface area contributed by atoms with E-state index in [4.69, 9.17) is 0 Å². The molecule has 0 aliphatic heterocycles. The molecule has 0 aromatic heterocycles. The highest BCUT2D eigenvalue weighted by molar-refractivity contribution is 5.83. The maximum absolute atomic E-state index is 13.9. The van der Waals surface area contributed by atoms with Crippen LogP contribution >= 0.6 is 0 Å². The fourth-order valence-electron chi connectivity index (χ4n) is 1.64. The lowest BCUT2D eigenvalue weighted by Gasteiger charge is -2.05. The lowest BCUT2D eigenvalue weighted by molar-refractivity contribution is 0.497. The number of aryl methyl sites for hydroxylation is 1. The summed E-state index contributed by atoms with van der Waals surface area (Å²) in [6.45, 7) is 1.34. The molecule has 4 heteroatoms. The van der Waals surface area contributed by atoms with E-state index in [-0.39, 0.29) is 11.1 Å². The van der Waals surface area contributed by atoms with Crippen molar-refractivity contribution < 1.29 is 17.6 Å². The smallest absolute Gasteiger partial charge is 0.169 e. The Balaban J connectivity index is 2.56. The molecule has 2 aromatic rings. The molecule has 0 radical (unpaired) electrons. The van der Waals surface area contributed by atoms with Gasteiger partial charge in [0.2, 0.25) is 0 Å². The summed E-state index contributed by atoms with van der Waals surface area (Å²) >= 11 is 0. The van der Waals surface area contributed by atoms with E-state index in [2.05, 4.69) is 0 Å². The van der Waals surface area contributed by atoms with Crippen LogP contribution in [0.25, 0.3) is 11.7 Å². The minimum Gasteiger partial charge on any atom is -0.203 e. The number of halogens is 4. The van der Waals surface area contributed by atoms with Crippen LogP contribution in [0.5, 0.6) is 0 Å². The van der Waals surface area contributed by atoms with Gasteiger partial charge in [-0.25, -0.2) is 17.6 Å². The summed E-state index contributed by atoms with van der Waals surface area (Å²) in [5.74, 6) is -5.19. The van der Waals surface area contributed by atoms with Crippen molar-refractivity contribution in [1.82, 2.24) is 0 Å². The summed E-state index contributed by atoms with van der Waals surface area (Å²) < 4.78 is 54.6. The monoisotopic (exact) mass is 266 g/mol. The van der Waals surface area contributed by atoms with Crippen LogP contribution in [0.3, 0.4) is 0 Å². The molecule has 0 aliphatic carbocycles. The van der Waals surface area contributed by atoms with Crippen LogP contribution in [0, 0.1) is 18.6 Å². The zero-order valence-electron chi connectivity index (χ0n) is 10.1. The predicted octanol–water partition coefficient (Wildman–Crippen LogP) is 5.04. The van der Waals surface area contributed by atoms with Crippen LogP contribution in [0.15, 0.2) is 42.5 Å². The first kappa shape index (κ1) is 13.3. The lowest BCUT2D eigenvalue weighted by atomic mass is 10.1. The van der Waals surface area contributed by atoms with Gasteiger partial charge >= 0.3 is 0 Å². The van der Waals surface area contributed by atoms with E-state index in [9.17, 15) is 17.6 Å². The van der Waals surface area contributed by atoms with Crippen molar-refractivity contribution in [2.45, 2.75) is 6.92 Å². The first-order valence-electron chi connectivity index (χ1n) is 5.58. The van der Waals surface area contributed by atoms with Gasteiger partial charge < -0.3 is 0 Å². The predicted molar refractivity (Wildman–Crippen MR) is 66.6 cm³/mol. The molecule has 0 aliphatic rings. The minimum absolute atomic E-state index is 0.0274. The average molecular weight is 266 g/mol. The molecular weight excluding hydrogens is 256 g/mol. The highest BCUT2D eigenvalue weighted by Gasteiger charge is 2.18. The summed E-state index contributed by atoms with van der Waals surface area (Å²) in [7, 11) is 0. The molecule has 0 nitrogen and oxygen atoms in total. The normalized spacial score (nSPS) is 12.3. The van der Waals surface area contributed by atoms with E-state index in [1.807, 2.05) is 0 Å². The van der Waals surface area contributed by atoms with Gasteiger partial charge in [0.1, 0.15) is 0 Å². The van der Waals surface area contributed by atoms with Gasteiger partial charge in [0.05, 0.1) is 5.56 Å². The summed E-state index contributed by atoms with van der Waals surface area (Å²) in [5.41, 5.74) is -0.709. The van der Waals surface area contributed by atoms with Gasteiger partial charge in [-0.05, 0) is 18.6 Å². The summed E-state index contributed by atoms with van der Waals surface area (Å²) in [6.07, 6.45) is 0. The zero-order valence-corrected chi connectivity index (χ0v) is 10.1. The number of rotatable bonds is 2. The molecule has 2 rings (SSSR count). The van der Waals surface area contributed by atoms with Crippen LogP contribution in [-0.2, 0) is 0 Å². The first-order chi connectivity index (χ1) is 9.02. The fraction of sp³-hybridized carbons (Fsp3) is 0.0667. The largest absolute Gasteiger partial charge is 0.203 e. The minimum atomic E-state index is -1.41. The van der Waals surface area contributed by atoms with Gasteiger partial charge in [-0.2, -0.15) is 0 Å². The van der Waals surface area contributed by atoms with Crippen LogP contribution in [0.4, 0.5) is 17.6 Å². The molecule has 19 heavy (non-hydrogen) atoms. The van der Waals surface area contributed by atoms with Crippen molar-refractivity contribution in [2.24, 2.45) is 0 Å². The molecule has 0 fully saturated rings. The zero-order chi connectivity index (χ0) is 14.0. The Morgan fingerprint density at radius 1 is 0.789 bits per heavy atom. The Bertz CT molecular complexity index is 630. The Labute approximate surface area is 108 Å². The second kappa shape index (κ2) is 5.26. The van der Waals surface area contributed by atoms with Crippen LogP contribution in [-0.4, -0.2) is 0 Å². The van der Waals surface area contributed by atoms with Crippen molar-refractivity contribution in [3.05, 3.63) is 70.8 Å². The number of benzene rings is 2. The Kier molecular flexibility index (Phi) is 3.69. The molecule has 0 unspecified atom stereocenters. The Morgan fingerprint density at radius 2 is 1.42 bits per heavy atom. The molecule has 0 saturated carbocycles. The molecule has 0 spiro atoms. The van der Waals surface area contributed by atoms with Crippen molar-refractivity contribution in [2.75, 3.05) is 0 Å². The van der Waals surface area contributed by atoms with Gasteiger partial charge in [-0.15, -0.1) is 0 Å². The van der Waals surface area contributed by atoms with Crippen LogP contribution in [0.1, 0.15) is 16.7 Å². The first-order valence-corrected chi connectivity index (χ1v) is 5.58. The third-order valence-corrected chi connectivity index (χ3v) is 2.73.